The van der Waals surface area contributed by atoms with Gasteiger partial charge in [0.2, 0.25) is 0 Å². The zero-order chi connectivity index (χ0) is 14.3. The van der Waals surface area contributed by atoms with Gasteiger partial charge >= 0.3 is 0 Å². The molecule has 4 heteroatoms. The first-order valence-corrected chi connectivity index (χ1v) is 6.98. The highest BCUT2D eigenvalue weighted by atomic mass is 16.5. The van der Waals surface area contributed by atoms with E-state index < -0.39 is 0 Å². The Kier molecular flexibility index (Phi) is 3.05. The number of ether oxygens (including phenoxy) is 1. The summed E-state index contributed by atoms with van der Waals surface area (Å²) in [4.78, 5) is 15.7. The summed E-state index contributed by atoms with van der Waals surface area (Å²) in [5.74, 6) is -0.0295. The third kappa shape index (κ3) is 2.20. The monoisotopic (exact) mass is 272 g/mol. The minimum atomic E-state index is -0.241. The summed E-state index contributed by atoms with van der Waals surface area (Å²) in [6.07, 6.45) is 0.864. The minimum Gasteiger partial charge on any atom is -0.379 e. The highest BCUT2D eigenvalue weighted by molar-refractivity contribution is 5.99. The molecule has 2 heterocycles. The van der Waals surface area contributed by atoms with Gasteiger partial charge in [0, 0.05) is 28.8 Å². The fraction of sp³-hybridized carbons (Fsp3) is 0.438. The van der Waals surface area contributed by atoms with Crippen molar-refractivity contribution < 1.29 is 9.53 Å². The summed E-state index contributed by atoms with van der Waals surface area (Å²) in [5.41, 5.74) is 3.88. The average Bonchev–Trinajstić information content (AvgIpc) is 2.95. The first kappa shape index (κ1) is 13.2. The molecular weight excluding hydrogens is 252 g/mol. The van der Waals surface area contributed by atoms with Crippen molar-refractivity contribution >= 4 is 16.8 Å². The molecule has 4 nitrogen and oxygen atoms in total. The van der Waals surface area contributed by atoms with Gasteiger partial charge in [-0.1, -0.05) is 0 Å². The van der Waals surface area contributed by atoms with Crippen LogP contribution in [0.15, 0.2) is 18.2 Å². The first-order chi connectivity index (χ1) is 9.48. The molecular formula is C16H20N2O2. The number of aromatic amines is 1. The zero-order valence-electron chi connectivity index (χ0n) is 12.2. The standard InChI is InChI=1S/C16H20N2O2/c1-10-11(2)17-14-5-4-12(8-13(10)14)15(19)18-16(3)6-7-20-9-16/h4-5,8,17H,6-7,9H2,1-3H3,(H,18,19). The van der Waals surface area contributed by atoms with Crippen LogP contribution in [0, 0.1) is 13.8 Å². The van der Waals surface area contributed by atoms with Crippen LogP contribution in [-0.4, -0.2) is 29.6 Å². The molecule has 0 saturated carbocycles. The number of rotatable bonds is 2. The number of aryl methyl sites for hydroxylation is 2. The van der Waals surface area contributed by atoms with Gasteiger partial charge in [-0.2, -0.15) is 0 Å². The van der Waals surface area contributed by atoms with Crippen LogP contribution >= 0.6 is 0 Å². The second-order valence-corrected chi connectivity index (χ2v) is 5.95. The molecule has 1 aliphatic rings. The van der Waals surface area contributed by atoms with Crippen molar-refractivity contribution in [3.05, 3.63) is 35.0 Å². The Morgan fingerprint density at radius 2 is 2.20 bits per heavy atom. The van der Waals surface area contributed by atoms with Gasteiger partial charge in [0.25, 0.3) is 5.91 Å². The molecule has 1 aromatic heterocycles. The van der Waals surface area contributed by atoms with Gasteiger partial charge in [-0.15, -0.1) is 0 Å². The average molecular weight is 272 g/mol. The first-order valence-electron chi connectivity index (χ1n) is 6.98. The number of fused-ring (bicyclic) bond motifs is 1. The third-order valence-corrected chi connectivity index (χ3v) is 4.20. The van der Waals surface area contributed by atoms with E-state index in [2.05, 4.69) is 17.2 Å². The molecule has 1 atom stereocenters. The lowest BCUT2D eigenvalue weighted by molar-refractivity contribution is 0.0890. The molecule has 0 aliphatic carbocycles. The van der Waals surface area contributed by atoms with E-state index in [0.29, 0.717) is 18.8 Å². The summed E-state index contributed by atoms with van der Waals surface area (Å²) in [7, 11) is 0. The fourth-order valence-corrected chi connectivity index (χ4v) is 2.71. The summed E-state index contributed by atoms with van der Waals surface area (Å²) < 4.78 is 5.37. The van der Waals surface area contributed by atoms with E-state index in [1.807, 2.05) is 32.0 Å². The van der Waals surface area contributed by atoms with E-state index in [1.54, 1.807) is 0 Å². The Morgan fingerprint density at radius 3 is 2.90 bits per heavy atom. The normalized spacial score (nSPS) is 22.4. The molecule has 1 aromatic carbocycles. The molecule has 3 rings (SSSR count). The Bertz CT molecular complexity index is 666. The predicted octanol–water partition coefficient (Wildman–Crippen LogP) is 2.69. The minimum absolute atomic E-state index is 0.0295. The van der Waals surface area contributed by atoms with Gasteiger partial charge in [-0.25, -0.2) is 0 Å². The van der Waals surface area contributed by atoms with Gasteiger partial charge in [0.1, 0.15) is 0 Å². The van der Waals surface area contributed by atoms with Gasteiger partial charge in [0.05, 0.1) is 12.1 Å². The maximum absolute atomic E-state index is 12.4. The number of benzene rings is 1. The Hall–Kier alpha value is -1.81. The maximum Gasteiger partial charge on any atom is 0.251 e. The lowest BCUT2D eigenvalue weighted by atomic mass is 10.0. The van der Waals surface area contributed by atoms with E-state index in [0.717, 1.165) is 23.0 Å². The fourth-order valence-electron chi connectivity index (χ4n) is 2.71. The molecule has 0 radical (unpaired) electrons. The molecule has 2 aromatic rings. The van der Waals surface area contributed by atoms with Crippen molar-refractivity contribution in [2.24, 2.45) is 0 Å². The van der Waals surface area contributed by atoms with Crippen LogP contribution in [0.4, 0.5) is 0 Å². The van der Waals surface area contributed by atoms with Crippen LogP contribution in [0.3, 0.4) is 0 Å². The molecule has 1 amide bonds. The summed E-state index contributed by atoms with van der Waals surface area (Å²) >= 11 is 0. The van der Waals surface area contributed by atoms with Gasteiger partial charge in [0.15, 0.2) is 0 Å². The molecule has 1 saturated heterocycles. The van der Waals surface area contributed by atoms with Crippen LogP contribution in [0.2, 0.25) is 0 Å². The van der Waals surface area contributed by atoms with E-state index in [1.165, 1.54) is 5.56 Å². The maximum atomic E-state index is 12.4. The van der Waals surface area contributed by atoms with E-state index in [9.17, 15) is 4.79 Å². The summed E-state index contributed by atoms with van der Waals surface area (Å²) in [5, 5.41) is 4.20. The second kappa shape index (κ2) is 4.63. The van der Waals surface area contributed by atoms with Crippen molar-refractivity contribution in [1.82, 2.24) is 10.3 Å². The molecule has 1 aliphatic heterocycles. The molecule has 2 N–H and O–H groups in total. The van der Waals surface area contributed by atoms with E-state index in [-0.39, 0.29) is 11.4 Å². The molecule has 1 unspecified atom stereocenters. The largest absolute Gasteiger partial charge is 0.379 e. The topological polar surface area (TPSA) is 54.1 Å². The van der Waals surface area contributed by atoms with Crippen molar-refractivity contribution in [1.29, 1.82) is 0 Å². The lowest BCUT2D eigenvalue weighted by Crippen LogP contribution is -2.46. The molecule has 20 heavy (non-hydrogen) atoms. The Labute approximate surface area is 118 Å². The van der Waals surface area contributed by atoms with Crippen molar-refractivity contribution in [3.63, 3.8) is 0 Å². The number of carbonyl (C=O) groups is 1. The van der Waals surface area contributed by atoms with Crippen LogP contribution in [0.25, 0.3) is 10.9 Å². The third-order valence-electron chi connectivity index (χ3n) is 4.20. The van der Waals surface area contributed by atoms with Crippen molar-refractivity contribution in [3.8, 4) is 0 Å². The molecule has 106 valence electrons. The number of hydrogen-bond donors (Lipinski definition) is 2. The van der Waals surface area contributed by atoms with Gasteiger partial charge in [-0.05, 0) is 51.0 Å². The summed E-state index contributed by atoms with van der Waals surface area (Å²) in [6, 6.07) is 5.80. The van der Waals surface area contributed by atoms with Gasteiger partial charge < -0.3 is 15.0 Å². The Balaban J connectivity index is 1.89. The number of nitrogens with one attached hydrogen (secondary N) is 2. The molecule has 1 fully saturated rings. The quantitative estimate of drug-likeness (QED) is 0.883. The predicted molar refractivity (Wildman–Crippen MR) is 79.1 cm³/mol. The smallest absolute Gasteiger partial charge is 0.251 e. The van der Waals surface area contributed by atoms with Crippen LogP contribution in [-0.2, 0) is 4.74 Å². The van der Waals surface area contributed by atoms with Gasteiger partial charge in [-0.3, -0.25) is 4.79 Å². The Morgan fingerprint density at radius 1 is 1.40 bits per heavy atom. The number of carbonyl (C=O) groups excluding carboxylic acids is 1. The van der Waals surface area contributed by atoms with Crippen LogP contribution in [0.5, 0.6) is 0 Å². The zero-order valence-corrected chi connectivity index (χ0v) is 12.2. The second-order valence-electron chi connectivity index (χ2n) is 5.95. The number of amides is 1. The van der Waals surface area contributed by atoms with E-state index >= 15 is 0 Å². The van der Waals surface area contributed by atoms with Crippen molar-refractivity contribution in [2.45, 2.75) is 32.7 Å². The van der Waals surface area contributed by atoms with Crippen LogP contribution < -0.4 is 5.32 Å². The highest BCUT2D eigenvalue weighted by Gasteiger charge is 2.31. The van der Waals surface area contributed by atoms with Crippen molar-refractivity contribution in [2.75, 3.05) is 13.2 Å². The van der Waals surface area contributed by atoms with E-state index in [4.69, 9.17) is 4.74 Å². The highest BCUT2D eigenvalue weighted by Crippen LogP contribution is 2.23. The molecule has 0 spiro atoms. The molecule has 0 bridgehead atoms. The number of aromatic nitrogens is 1. The van der Waals surface area contributed by atoms with Crippen LogP contribution in [0.1, 0.15) is 35.0 Å². The SMILES string of the molecule is Cc1[nH]c2ccc(C(=O)NC3(C)CCOC3)cc2c1C. The lowest BCUT2D eigenvalue weighted by Gasteiger charge is -2.23. The number of H-pyrrole nitrogens is 1. The number of hydrogen-bond acceptors (Lipinski definition) is 2. The summed E-state index contributed by atoms with van der Waals surface area (Å²) in [6.45, 7) is 7.45.